The number of carbonyl (C=O) groups is 3. The number of amides is 2. The third-order valence-electron chi connectivity index (χ3n) is 8.61. The summed E-state index contributed by atoms with van der Waals surface area (Å²) in [6.07, 6.45) is 5.12. The Bertz CT molecular complexity index is 1130. The van der Waals surface area contributed by atoms with E-state index < -0.39 is 34.6 Å². The monoisotopic (exact) mass is 634 g/mol. The number of benzene rings is 1. The van der Waals surface area contributed by atoms with Gasteiger partial charge in [0.15, 0.2) is 0 Å². The molecular formula is C30H39BrN2O6S. The van der Waals surface area contributed by atoms with Gasteiger partial charge in [-0.3, -0.25) is 14.4 Å². The molecule has 8 nitrogen and oxygen atoms in total. The van der Waals surface area contributed by atoms with E-state index in [1.165, 1.54) is 0 Å². The fourth-order valence-electron chi connectivity index (χ4n) is 6.49. The van der Waals surface area contributed by atoms with Gasteiger partial charge in [0, 0.05) is 22.3 Å². The van der Waals surface area contributed by atoms with Crippen molar-refractivity contribution in [1.82, 2.24) is 4.90 Å². The van der Waals surface area contributed by atoms with E-state index in [9.17, 15) is 19.5 Å². The fourth-order valence-corrected chi connectivity index (χ4v) is 10.1. The molecule has 1 N–H and O–H groups in total. The second-order valence-corrected chi connectivity index (χ2v) is 13.4. The number of hydrogen-bond acceptors (Lipinski definition) is 7. The summed E-state index contributed by atoms with van der Waals surface area (Å²) in [5, 5.41) is 10.4. The van der Waals surface area contributed by atoms with Crippen molar-refractivity contribution < 1.29 is 29.0 Å². The predicted molar refractivity (Wildman–Crippen MR) is 161 cm³/mol. The van der Waals surface area contributed by atoms with Gasteiger partial charge in [-0.2, -0.15) is 0 Å². The molecule has 0 saturated carbocycles. The van der Waals surface area contributed by atoms with Crippen molar-refractivity contribution in [3.8, 4) is 5.75 Å². The van der Waals surface area contributed by atoms with E-state index in [0.29, 0.717) is 30.7 Å². The summed E-state index contributed by atoms with van der Waals surface area (Å²) >= 11 is 5.34. The average molecular weight is 636 g/mol. The van der Waals surface area contributed by atoms with E-state index >= 15 is 0 Å². The molecule has 2 bridgehead atoms. The zero-order chi connectivity index (χ0) is 29.2. The molecule has 3 heterocycles. The van der Waals surface area contributed by atoms with E-state index in [0.717, 1.165) is 0 Å². The standard InChI is InChI=1S/C30H39BrN2O6S/c1-6-9-15-39-29(37)23-24-27(35)33(22(17-34)18(4)8-3)26(30(24)16-21(31)25(23)40-30)28(36)32(14-7-2)19-10-12-20(38-5)13-11-19/h6-7,10-13,18,21-26,34H,1-2,8-9,14-17H2,3-5H3/t18-,21?,22-,23-,24-,25-,26?,30?/m0/s1. The molecule has 0 aliphatic carbocycles. The van der Waals surface area contributed by atoms with Crippen molar-refractivity contribution in [2.75, 3.05) is 31.8 Å². The van der Waals surface area contributed by atoms with Gasteiger partial charge in [0.05, 0.1) is 42.9 Å². The van der Waals surface area contributed by atoms with Gasteiger partial charge in [-0.15, -0.1) is 24.9 Å². The number of halogens is 1. The molecule has 40 heavy (non-hydrogen) atoms. The SMILES string of the molecule is C=CCCOC(=O)[C@H]1[C@H]2C(=O)N([C@@H](CO)[C@@H](C)CC)C(C(=O)N(CC=C)c3ccc(OC)cc3)C23CC(Br)[C@@H]1S3. The lowest BCUT2D eigenvalue weighted by molar-refractivity contribution is -0.154. The summed E-state index contributed by atoms with van der Waals surface area (Å²) in [7, 11) is 1.58. The first-order chi connectivity index (χ1) is 19.2. The Morgan fingerprint density at radius 3 is 2.58 bits per heavy atom. The molecule has 1 spiro atoms. The topological polar surface area (TPSA) is 96.4 Å². The van der Waals surface area contributed by atoms with Crippen LogP contribution >= 0.6 is 27.7 Å². The molecule has 0 aromatic heterocycles. The van der Waals surface area contributed by atoms with Crippen LogP contribution in [0, 0.1) is 17.8 Å². The van der Waals surface area contributed by atoms with Crippen molar-refractivity contribution in [2.45, 2.75) is 60.0 Å². The lowest BCUT2D eigenvalue weighted by atomic mass is 9.71. The number of methoxy groups -OCH3 is 1. The number of nitrogens with zero attached hydrogens (tertiary/aromatic N) is 2. The quantitative estimate of drug-likeness (QED) is 0.150. The number of thioether (sulfide) groups is 1. The summed E-state index contributed by atoms with van der Waals surface area (Å²) < 4.78 is 10.1. The molecular weight excluding hydrogens is 596 g/mol. The Morgan fingerprint density at radius 2 is 2.00 bits per heavy atom. The number of fused-ring (bicyclic) bond motifs is 1. The number of rotatable bonds is 13. The highest BCUT2D eigenvalue weighted by Crippen LogP contribution is 2.68. The number of esters is 1. The third kappa shape index (κ3) is 5.11. The molecule has 2 amide bonds. The van der Waals surface area contributed by atoms with Gasteiger partial charge in [-0.25, -0.2) is 0 Å². The molecule has 3 unspecified atom stereocenters. The number of carbonyl (C=O) groups excluding carboxylic acids is 3. The fraction of sp³-hybridized carbons (Fsp3) is 0.567. The van der Waals surface area contributed by atoms with Crippen LogP contribution in [-0.2, 0) is 19.1 Å². The van der Waals surface area contributed by atoms with Crippen molar-refractivity contribution in [3.63, 3.8) is 0 Å². The molecule has 8 atom stereocenters. The Hall–Kier alpha value is -2.30. The summed E-state index contributed by atoms with van der Waals surface area (Å²) in [5.74, 6) is -1.74. The largest absolute Gasteiger partial charge is 0.497 e. The molecule has 0 radical (unpaired) electrons. The minimum atomic E-state index is -0.876. The van der Waals surface area contributed by atoms with E-state index in [4.69, 9.17) is 9.47 Å². The Labute approximate surface area is 249 Å². The number of aliphatic hydroxyl groups is 1. The molecule has 3 aliphatic rings. The molecule has 1 aromatic carbocycles. The van der Waals surface area contributed by atoms with E-state index in [1.54, 1.807) is 65.1 Å². The Morgan fingerprint density at radius 1 is 1.30 bits per heavy atom. The van der Waals surface area contributed by atoms with Crippen LogP contribution in [0.2, 0.25) is 0 Å². The van der Waals surface area contributed by atoms with Gasteiger partial charge in [0.25, 0.3) is 5.91 Å². The predicted octanol–water partition coefficient (Wildman–Crippen LogP) is 4.21. The van der Waals surface area contributed by atoms with Crippen LogP contribution in [0.4, 0.5) is 5.69 Å². The number of hydrogen-bond donors (Lipinski definition) is 1. The first kappa shape index (κ1) is 30.7. The van der Waals surface area contributed by atoms with E-state index in [2.05, 4.69) is 29.1 Å². The highest BCUT2D eigenvalue weighted by Gasteiger charge is 2.76. The van der Waals surface area contributed by atoms with Crippen molar-refractivity contribution in [3.05, 3.63) is 49.6 Å². The molecule has 1 aromatic rings. The smallest absolute Gasteiger partial charge is 0.310 e. The van der Waals surface area contributed by atoms with Gasteiger partial charge in [-0.1, -0.05) is 48.4 Å². The molecule has 3 fully saturated rings. The van der Waals surface area contributed by atoms with Crippen LogP contribution in [0.5, 0.6) is 5.75 Å². The molecule has 10 heteroatoms. The number of anilines is 1. The minimum absolute atomic E-state index is 0.0618. The maximum atomic E-state index is 14.7. The zero-order valence-electron chi connectivity index (χ0n) is 23.3. The molecule has 3 saturated heterocycles. The second-order valence-electron chi connectivity index (χ2n) is 10.7. The lowest BCUT2D eigenvalue weighted by Crippen LogP contribution is -2.59. The molecule has 4 rings (SSSR count). The zero-order valence-corrected chi connectivity index (χ0v) is 25.7. The van der Waals surface area contributed by atoms with Gasteiger partial charge < -0.3 is 24.4 Å². The number of ether oxygens (including phenoxy) is 2. The van der Waals surface area contributed by atoms with Crippen LogP contribution < -0.4 is 9.64 Å². The van der Waals surface area contributed by atoms with E-state index in [1.807, 2.05) is 13.8 Å². The summed E-state index contributed by atoms with van der Waals surface area (Å²) in [4.78, 5) is 45.7. The van der Waals surface area contributed by atoms with Crippen LogP contribution in [-0.4, -0.2) is 81.6 Å². The highest BCUT2D eigenvalue weighted by molar-refractivity contribution is 9.09. The molecule has 218 valence electrons. The van der Waals surface area contributed by atoms with Crippen LogP contribution in [0.1, 0.15) is 33.1 Å². The van der Waals surface area contributed by atoms with Crippen molar-refractivity contribution >= 4 is 51.2 Å². The first-order valence-corrected chi connectivity index (χ1v) is 15.6. The van der Waals surface area contributed by atoms with Crippen LogP contribution in [0.3, 0.4) is 0 Å². The maximum Gasteiger partial charge on any atom is 0.310 e. The second kappa shape index (κ2) is 12.7. The lowest BCUT2D eigenvalue weighted by Gasteiger charge is -2.41. The summed E-state index contributed by atoms with van der Waals surface area (Å²) in [6, 6.07) is 5.74. The third-order valence-corrected chi connectivity index (χ3v) is 11.8. The summed E-state index contributed by atoms with van der Waals surface area (Å²) in [6.45, 7) is 11.7. The minimum Gasteiger partial charge on any atom is -0.497 e. The van der Waals surface area contributed by atoms with Gasteiger partial charge in [0.1, 0.15) is 11.8 Å². The summed E-state index contributed by atoms with van der Waals surface area (Å²) in [5.41, 5.74) is 0.648. The highest BCUT2D eigenvalue weighted by atomic mass is 79.9. The normalized spacial score (nSPS) is 30.0. The van der Waals surface area contributed by atoms with Crippen LogP contribution in [0.25, 0.3) is 0 Å². The first-order valence-electron chi connectivity index (χ1n) is 13.8. The van der Waals surface area contributed by atoms with Crippen LogP contribution in [0.15, 0.2) is 49.6 Å². The number of aliphatic hydroxyl groups excluding tert-OH is 1. The van der Waals surface area contributed by atoms with Crippen molar-refractivity contribution in [2.24, 2.45) is 17.8 Å². The molecule has 3 aliphatic heterocycles. The van der Waals surface area contributed by atoms with E-state index in [-0.39, 0.29) is 47.6 Å². The van der Waals surface area contributed by atoms with Gasteiger partial charge in [0.2, 0.25) is 5.91 Å². The number of alkyl halides is 1. The van der Waals surface area contributed by atoms with Gasteiger partial charge >= 0.3 is 5.97 Å². The van der Waals surface area contributed by atoms with Gasteiger partial charge in [-0.05, 0) is 43.0 Å². The van der Waals surface area contributed by atoms with Crippen molar-refractivity contribution in [1.29, 1.82) is 0 Å². The average Bonchev–Trinajstić information content (AvgIpc) is 3.55. The number of likely N-dealkylation sites (tertiary alicyclic amines) is 1. The Kier molecular flexibility index (Phi) is 9.73. The Balaban J connectivity index is 1.82. The maximum absolute atomic E-state index is 14.7.